The maximum atomic E-state index is 13.2. The summed E-state index contributed by atoms with van der Waals surface area (Å²) in [5.74, 6) is -0.524. The predicted molar refractivity (Wildman–Crippen MR) is 159 cm³/mol. The van der Waals surface area contributed by atoms with E-state index in [1.54, 1.807) is 24.3 Å². The number of hydrogen-bond donors (Lipinski definition) is 2. The number of unbranched alkanes of at least 4 members (excludes halogenated alkanes) is 1. The van der Waals surface area contributed by atoms with Crippen LogP contribution in [0.1, 0.15) is 66.1 Å². The number of fused-ring (bicyclic) bond motifs is 1. The fourth-order valence-corrected chi connectivity index (χ4v) is 6.35. The van der Waals surface area contributed by atoms with E-state index in [2.05, 4.69) is 10.2 Å². The van der Waals surface area contributed by atoms with Crippen LogP contribution in [0.3, 0.4) is 0 Å². The number of nitrogens with two attached hydrogens (primary N) is 1. The largest absolute Gasteiger partial charge is 0.416 e. The Hall–Kier alpha value is -3.91. The maximum absolute atomic E-state index is 13.2. The minimum Gasteiger partial charge on any atom is -0.369 e. The number of primary amides is 1. The number of nitrogens with zero attached hydrogens (tertiary/aromatic N) is 1. The van der Waals surface area contributed by atoms with Crippen molar-refractivity contribution in [2.45, 2.75) is 56.7 Å². The SMILES string of the molecule is CC1=CC(CCCCN2CCC(NC(=O)c3ccccc3-c3ccc(C(F)(F)F)cc3)CC2)(C(N)=O)c2ccccc21. The zero-order valence-electron chi connectivity index (χ0n) is 23.7. The number of benzene rings is 3. The van der Waals surface area contributed by atoms with Crippen molar-refractivity contribution < 1.29 is 22.8 Å². The Bertz CT molecular complexity index is 1470. The first kappa shape index (κ1) is 29.6. The van der Waals surface area contributed by atoms with E-state index in [9.17, 15) is 22.8 Å². The van der Waals surface area contributed by atoms with Gasteiger partial charge in [0.2, 0.25) is 5.91 Å². The molecule has 0 radical (unpaired) electrons. The van der Waals surface area contributed by atoms with Crippen molar-refractivity contribution in [1.29, 1.82) is 0 Å². The first-order valence-corrected chi connectivity index (χ1v) is 14.5. The number of allylic oxidation sites excluding steroid dienone is 1. The van der Waals surface area contributed by atoms with E-state index in [1.807, 2.05) is 37.3 Å². The Kier molecular flexibility index (Phi) is 8.55. The molecule has 1 fully saturated rings. The van der Waals surface area contributed by atoms with Crippen molar-refractivity contribution in [3.63, 3.8) is 0 Å². The summed E-state index contributed by atoms with van der Waals surface area (Å²) in [4.78, 5) is 28.2. The predicted octanol–water partition coefficient (Wildman–Crippen LogP) is 6.58. The topological polar surface area (TPSA) is 75.4 Å². The number of carbonyl (C=O) groups is 2. The van der Waals surface area contributed by atoms with E-state index >= 15 is 0 Å². The lowest BCUT2D eigenvalue weighted by Gasteiger charge is -2.33. The maximum Gasteiger partial charge on any atom is 0.416 e. The van der Waals surface area contributed by atoms with Crippen LogP contribution < -0.4 is 11.1 Å². The van der Waals surface area contributed by atoms with E-state index in [0.717, 1.165) is 74.2 Å². The quantitative estimate of drug-likeness (QED) is 0.283. The summed E-state index contributed by atoms with van der Waals surface area (Å²) in [6.45, 7) is 4.65. The monoisotopic (exact) mass is 575 g/mol. The summed E-state index contributed by atoms with van der Waals surface area (Å²) in [7, 11) is 0. The van der Waals surface area contributed by atoms with Gasteiger partial charge in [-0.2, -0.15) is 13.2 Å². The van der Waals surface area contributed by atoms with Crippen LogP contribution in [-0.2, 0) is 16.4 Å². The number of nitrogens with one attached hydrogen (secondary N) is 1. The molecule has 1 saturated heterocycles. The van der Waals surface area contributed by atoms with Crippen LogP contribution >= 0.6 is 0 Å². The Morgan fingerprint density at radius 2 is 1.57 bits per heavy atom. The van der Waals surface area contributed by atoms with Crippen LogP contribution in [0.15, 0.2) is 78.9 Å². The normalized spacial score (nSPS) is 19.3. The third kappa shape index (κ3) is 6.14. The van der Waals surface area contributed by atoms with E-state index < -0.39 is 17.2 Å². The molecule has 0 aromatic heterocycles. The minimum atomic E-state index is -4.41. The number of likely N-dealkylation sites (tertiary alicyclic amines) is 1. The van der Waals surface area contributed by atoms with E-state index in [0.29, 0.717) is 23.1 Å². The Labute approximate surface area is 244 Å². The van der Waals surface area contributed by atoms with Crippen LogP contribution in [-0.4, -0.2) is 42.4 Å². The van der Waals surface area contributed by atoms with Gasteiger partial charge in [-0.25, -0.2) is 0 Å². The highest BCUT2D eigenvalue weighted by Gasteiger charge is 2.41. The molecule has 1 heterocycles. The molecule has 220 valence electrons. The summed E-state index contributed by atoms with van der Waals surface area (Å²) in [6.07, 6.45) is 1.75. The molecule has 3 aromatic carbocycles. The van der Waals surface area contributed by atoms with Crippen molar-refractivity contribution >= 4 is 17.4 Å². The van der Waals surface area contributed by atoms with Crippen LogP contribution in [0, 0.1) is 0 Å². The van der Waals surface area contributed by atoms with Gasteiger partial charge in [0.05, 0.1) is 11.0 Å². The highest BCUT2D eigenvalue weighted by atomic mass is 19.4. The molecule has 1 unspecified atom stereocenters. The lowest BCUT2D eigenvalue weighted by molar-refractivity contribution is -0.137. The first-order chi connectivity index (χ1) is 20.1. The summed E-state index contributed by atoms with van der Waals surface area (Å²) >= 11 is 0. The minimum absolute atomic E-state index is 0.0237. The summed E-state index contributed by atoms with van der Waals surface area (Å²) in [6, 6.07) is 19.9. The van der Waals surface area contributed by atoms with Crippen molar-refractivity contribution in [1.82, 2.24) is 10.2 Å². The molecule has 1 atom stereocenters. The fraction of sp³-hybridized carbons (Fsp3) is 0.353. The number of amides is 2. The Morgan fingerprint density at radius 1 is 0.929 bits per heavy atom. The van der Waals surface area contributed by atoms with Gasteiger partial charge in [0, 0.05) is 24.7 Å². The third-order valence-corrected chi connectivity index (χ3v) is 8.65. The summed E-state index contributed by atoms with van der Waals surface area (Å²) in [5.41, 5.74) is 9.27. The van der Waals surface area contributed by atoms with Crippen molar-refractivity contribution in [3.8, 4) is 11.1 Å². The molecule has 0 bridgehead atoms. The molecule has 5 nitrogen and oxygen atoms in total. The van der Waals surface area contributed by atoms with Gasteiger partial charge in [-0.1, -0.05) is 67.1 Å². The summed E-state index contributed by atoms with van der Waals surface area (Å²) < 4.78 is 39.0. The second-order valence-electron chi connectivity index (χ2n) is 11.4. The molecule has 0 spiro atoms. The molecule has 1 aliphatic heterocycles. The number of piperidine rings is 1. The van der Waals surface area contributed by atoms with Crippen LogP contribution in [0.4, 0.5) is 13.2 Å². The van der Waals surface area contributed by atoms with Gasteiger partial charge in [0.15, 0.2) is 0 Å². The van der Waals surface area contributed by atoms with Crippen LogP contribution in [0.5, 0.6) is 0 Å². The van der Waals surface area contributed by atoms with Gasteiger partial charge in [-0.05, 0) is 85.2 Å². The van der Waals surface area contributed by atoms with Gasteiger partial charge in [0.1, 0.15) is 0 Å². The Balaban J connectivity index is 1.11. The standard InChI is InChI=1S/C34H36F3N3O2/c1-23-22-33(32(38)42,30-11-5-4-8-27(23)30)18-6-7-19-40-20-16-26(17-21-40)39-31(41)29-10-3-2-9-28(29)24-12-14-25(15-13-24)34(35,36)37/h2-5,8-15,22,26H,6-7,16-21H2,1H3,(H2,38,42)(H,39,41). The molecule has 2 aliphatic rings. The van der Waals surface area contributed by atoms with Gasteiger partial charge in [-0.3, -0.25) is 9.59 Å². The molecule has 1 aliphatic carbocycles. The van der Waals surface area contributed by atoms with E-state index in [1.165, 1.54) is 12.1 Å². The zero-order chi connectivity index (χ0) is 29.9. The highest BCUT2D eigenvalue weighted by Crippen LogP contribution is 2.43. The molecule has 2 amide bonds. The third-order valence-electron chi connectivity index (χ3n) is 8.65. The lowest BCUT2D eigenvalue weighted by Crippen LogP contribution is -2.45. The van der Waals surface area contributed by atoms with E-state index in [-0.39, 0.29) is 17.9 Å². The lowest BCUT2D eigenvalue weighted by atomic mass is 9.77. The smallest absolute Gasteiger partial charge is 0.369 e. The Morgan fingerprint density at radius 3 is 2.24 bits per heavy atom. The molecule has 3 N–H and O–H groups in total. The number of carbonyl (C=O) groups excluding carboxylic acids is 2. The highest BCUT2D eigenvalue weighted by molar-refractivity contribution is 6.01. The van der Waals surface area contributed by atoms with Crippen LogP contribution in [0.2, 0.25) is 0 Å². The van der Waals surface area contributed by atoms with Crippen LogP contribution in [0.25, 0.3) is 16.7 Å². The summed E-state index contributed by atoms with van der Waals surface area (Å²) in [5, 5.41) is 3.13. The number of alkyl halides is 3. The molecular weight excluding hydrogens is 539 g/mol. The molecular formula is C34H36F3N3O2. The second-order valence-corrected chi connectivity index (χ2v) is 11.4. The molecule has 8 heteroatoms. The molecule has 5 rings (SSSR count). The molecule has 3 aromatic rings. The van der Waals surface area contributed by atoms with Crippen molar-refractivity contribution in [2.75, 3.05) is 19.6 Å². The molecule has 0 saturated carbocycles. The second kappa shape index (κ2) is 12.1. The fourth-order valence-electron chi connectivity index (χ4n) is 6.35. The van der Waals surface area contributed by atoms with Gasteiger partial charge in [0.25, 0.3) is 5.91 Å². The van der Waals surface area contributed by atoms with E-state index in [4.69, 9.17) is 5.73 Å². The van der Waals surface area contributed by atoms with Crippen molar-refractivity contribution in [2.24, 2.45) is 5.73 Å². The van der Waals surface area contributed by atoms with Gasteiger partial charge in [-0.15, -0.1) is 0 Å². The van der Waals surface area contributed by atoms with Gasteiger partial charge < -0.3 is 16.0 Å². The van der Waals surface area contributed by atoms with Gasteiger partial charge >= 0.3 is 6.18 Å². The first-order valence-electron chi connectivity index (χ1n) is 14.5. The number of halogens is 3. The zero-order valence-corrected chi connectivity index (χ0v) is 23.7. The number of rotatable bonds is 9. The number of hydrogen-bond acceptors (Lipinski definition) is 3. The average molecular weight is 576 g/mol. The van der Waals surface area contributed by atoms with Crippen molar-refractivity contribution in [3.05, 3.63) is 101 Å². The molecule has 42 heavy (non-hydrogen) atoms. The average Bonchev–Trinajstić information content (AvgIpc) is 3.28.